The third kappa shape index (κ3) is 10.2. The standard InChI is InChI=1S/C45H49N5O5S/c1-31(2)40-25-46-43(56-7)24-41(40)55-42-26-47-45(50(29-34-12-20-38(53-5)21-13-34)30-35-14-22-39(54-6)23-15-35)48-44(42)49(27-32-8-16-36(51-3)17-9-32)28-33-10-18-37(52-4)19-11-33/h8-26,31H,27-30H2,1-7H3. The second kappa shape index (κ2) is 19.1. The van der Waals surface area contributed by atoms with E-state index < -0.39 is 0 Å². The molecule has 290 valence electrons. The van der Waals surface area contributed by atoms with Gasteiger partial charge in [-0.1, -0.05) is 62.4 Å². The lowest BCUT2D eigenvalue weighted by Crippen LogP contribution is -2.28. The molecular weight excluding hydrogens is 723 g/mol. The highest BCUT2D eigenvalue weighted by atomic mass is 32.2. The van der Waals surface area contributed by atoms with Crippen molar-refractivity contribution >= 4 is 23.5 Å². The summed E-state index contributed by atoms with van der Waals surface area (Å²) in [6.45, 7) is 6.43. The van der Waals surface area contributed by atoms with Crippen LogP contribution in [-0.4, -0.2) is 49.6 Å². The van der Waals surface area contributed by atoms with Gasteiger partial charge in [-0.25, -0.2) is 9.97 Å². The molecular formula is C45H49N5O5S. The molecule has 10 nitrogen and oxygen atoms in total. The summed E-state index contributed by atoms with van der Waals surface area (Å²) >= 11 is 1.57. The van der Waals surface area contributed by atoms with Crippen molar-refractivity contribution in [3.63, 3.8) is 0 Å². The zero-order valence-electron chi connectivity index (χ0n) is 33.1. The number of aromatic nitrogens is 3. The average Bonchev–Trinajstić information content (AvgIpc) is 3.24. The van der Waals surface area contributed by atoms with Gasteiger partial charge in [0.15, 0.2) is 11.6 Å². The van der Waals surface area contributed by atoms with Crippen molar-refractivity contribution in [3.05, 3.63) is 143 Å². The molecule has 0 unspecified atom stereocenters. The number of pyridine rings is 1. The molecule has 0 aliphatic rings. The molecule has 2 aromatic heterocycles. The molecule has 6 aromatic rings. The van der Waals surface area contributed by atoms with Gasteiger partial charge in [-0.3, -0.25) is 0 Å². The van der Waals surface area contributed by atoms with Crippen LogP contribution in [0, 0.1) is 0 Å². The summed E-state index contributed by atoms with van der Waals surface area (Å²) < 4.78 is 28.8. The highest BCUT2D eigenvalue weighted by Gasteiger charge is 2.23. The summed E-state index contributed by atoms with van der Waals surface area (Å²) in [7, 11) is 6.69. The lowest BCUT2D eigenvalue weighted by Gasteiger charge is -2.29. The van der Waals surface area contributed by atoms with Crippen molar-refractivity contribution in [2.45, 2.75) is 51.0 Å². The molecule has 0 atom stereocenters. The number of hydrogen-bond acceptors (Lipinski definition) is 11. The maximum absolute atomic E-state index is 6.89. The van der Waals surface area contributed by atoms with Gasteiger partial charge in [-0.05, 0) is 83.0 Å². The molecule has 0 saturated carbocycles. The van der Waals surface area contributed by atoms with Crippen LogP contribution in [0.3, 0.4) is 0 Å². The van der Waals surface area contributed by atoms with Crippen LogP contribution in [0.2, 0.25) is 0 Å². The fourth-order valence-electron chi connectivity index (χ4n) is 6.19. The van der Waals surface area contributed by atoms with Crippen LogP contribution in [0.5, 0.6) is 34.5 Å². The maximum atomic E-state index is 6.89. The molecule has 4 aromatic carbocycles. The van der Waals surface area contributed by atoms with Gasteiger partial charge in [0.2, 0.25) is 5.95 Å². The van der Waals surface area contributed by atoms with E-state index in [-0.39, 0.29) is 5.92 Å². The van der Waals surface area contributed by atoms with Crippen molar-refractivity contribution in [1.29, 1.82) is 0 Å². The second-order valence-corrected chi connectivity index (χ2v) is 14.3. The fraction of sp³-hybridized carbons (Fsp3) is 0.267. The van der Waals surface area contributed by atoms with Crippen LogP contribution in [0.1, 0.15) is 47.6 Å². The Hall–Kier alpha value is -5.94. The largest absolute Gasteiger partial charge is 0.497 e. The van der Waals surface area contributed by atoms with E-state index in [1.54, 1.807) is 46.4 Å². The summed E-state index contributed by atoms with van der Waals surface area (Å²) in [5.74, 6) is 5.81. The van der Waals surface area contributed by atoms with Gasteiger partial charge in [-0.2, -0.15) is 4.98 Å². The lowest BCUT2D eigenvalue weighted by molar-refractivity contribution is 0.414. The van der Waals surface area contributed by atoms with E-state index in [2.05, 4.69) is 77.2 Å². The van der Waals surface area contributed by atoms with Crippen molar-refractivity contribution in [1.82, 2.24) is 15.0 Å². The lowest BCUT2D eigenvalue weighted by atomic mass is 10.1. The first-order chi connectivity index (χ1) is 27.3. The number of nitrogens with zero attached hydrogens (tertiary/aromatic N) is 5. The third-order valence-electron chi connectivity index (χ3n) is 9.36. The van der Waals surface area contributed by atoms with Crippen LogP contribution in [0.25, 0.3) is 0 Å². The summed E-state index contributed by atoms with van der Waals surface area (Å²) in [6.07, 6.45) is 5.71. The van der Waals surface area contributed by atoms with Crippen molar-refractivity contribution in [2.75, 3.05) is 44.5 Å². The highest BCUT2D eigenvalue weighted by molar-refractivity contribution is 7.98. The van der Waals surface area contributed by atoms with E-state index in [4.69, 9.17) is 33.7 Å². The molecule has 0 fully saturated rings. The normalized spacial score (nSPS) is 10.9. The van der Waals surface area contributed by atoms with Gasteiger partial charge >= 0.3 is 0 Å². The number of thioether (sulfide) groups is 1. The van der Waals surface area contributed by atoms with Crippen LogP contribution in [0.4, 0.5) is 11.8 Å². The zero-order chi connectivity index (χ0) is 39.4. The quantitative estimate of drug-likeness (QED) is 0.0783. The van der Waals surface area contributed by atoms with Gasteiger partial charge in [0, 0.05) is 44.0 Å². The number of hydrogen-bond donors (Lipinski definition) is 0. The molecule has 56 heavy (non-hydrogen) atoms. The van der Waals surface area contributed by atoms with E-state index in [1.165, 1.54) is 0 Å². The molecule has 0 N–H and O–H groups in total. The van der Waals surface area contributed by atoms with Crippen molar-refractivity contribution in [3.8, 4) is 34.5 Å². The van der Waals surface area contributed by atoms with E-state index >= 15 is 0 Å². The first-order valence-electron chi connectivity index (χ1n) is 18.4. The van der Waals surface area contributed by atoms with E-state index in [0.717, 1.165) is 61.6 Å². The third-order valence-corrected chi connectivity index (χ3v) is 10.00. The Kier molecular flexibility index (Phi) is 13.5. The molecule has 0 saturated heterocycles. The summed E-state index contributed by atoms with van der Waals surface area (Å²) in [5.41, 5.74) is 5.32. The number of methoxy groups -OCH3 is 4. The van der Waals surface area contributed by atoms with Crippen LogP contribution >= 0.6 is 11.8 Å². The highest BCUT2D eigenvalue weighted by Crippen LogP contribution is 2.38. The Morgan fingerprint density at radius 2 is 0.946 bits per heavy atom. The van der Waals surface area contributed by atoms with Crippen LogP contribution in [-0.2, 0) is 26.2 Å². The predicted octanol–water partition coefficient (Wildman–Crippen LogP) is 9.96. The van der Waals surface area contributed by atoms with Gasteiger partial charge in [-0.15, -0.1) is 11.8 Å². The Balaban J connectivity index is 1.50. The molecule has 0 aliphatic heterocycles. The second-order valence-electron chi connectivity index (χ2n) is 13.5. The molecule has 0 aliphatic carbocycles. The Labute approximate surface area is 334 Å². The zero-order valence-corrected chi connectivity index (χ0v) is 33.9. The molecule has 0 radical (unpaired) electrons. The molecule has 0 bridgehead atoms. The molecule has 11 heteroatoms. The van der Waals surface area contributed by atoms with Crippen molar-refractivity contribution in [2.24, 2.45) is 0 Å². The van der Waals surface area contributed by atoms with Gasteiger partial charge in [0.05, 0.1) is 39.7 Å². The van der Waals surface area contributed by atoms with E-state index in [9.17, 15) is 0 Å². The molecule has 0 amide bonds. The number of anilines is 2. The van der Waals surface area contributed by atoms with Crippen molar-refractivity contribution < 1.29 is 23.7 Å². The topological polar surface area (TPSA) is 91.3 Å². The fourth-order valence-corrected chi connectivity index (χ4v) is 6.58. The Morgan fingerprint density at radius 3 is 1.32 bits per heavy atom. The van der Waals surface area contributed by atoms with Crippen LogP contribution < -0.4 is 33.5 Å². The smallest absolute Gasteiger partial charge is 0.228 e. The first-order valence-corrected chi connectivity index (χ1v) is 19.6. The summed E-state index contributed by atoms with van der Waals surface area (Å²) in [5, 5.41) is 0.863. The number of ether oxygens (including phenoxy) is 5. The van der Waals surface area contributed by atoms with Gasteiger partial charge in [0.1, 0.15) is 28.7 Å². The van der Waals surface area contributed by atoms with Gasteiger partial charge in [0.25, 0.3) is 0 Å². The minimum absolute atomic E-state index is 0.177. The monoisotopic (exact) mass is 771 g/mol. The molecule has 0 spiro atoms. The van der Waals surface area contributed by atoms with E-state index in [0.29, 0.717) is 43.7 Å². The Morgan fingerprint density at radius 1 is 0.536 bits per heavy atom. The predicted molar refractivity (Wildman–Crippen MR) is 224 cm³/mol. The summed E-state index contributed by atoms with van der Waals surface area (Å²) in [4.78, 5) is 19.5. The SMILES string of the molecule is COc1ccc(CN(Cc2ccc(OC)cc2)c2ncc(Oc3cc(SC)ncc3C(C)C)c(N(Cc3ccc(OC)cc3)Cc3ccc(OC)cc3)n2)cc1. The summed E-state index contributed by atoms with van der Waals surface area (Å²) in [6, 6.07) is 34.4. The van der Waals surface area contributed by atoms with E-state index in [1.807, 2.05) is 67.0 Å². The number of rotatable bonds is 18. The van der Waals surface area contributed by atoms with Gasteiger partial charge < -0.3 is 33.5 Å². The Bertz CT molecular complexity index is 2050. The number of benzene rings is 4. The molecule has 6 rings (SSSR count). The molecule has 2 heterocycles. The average molecular weight is 772 g/mol. The van der Waals surface area contributed by atoms with Crippen LogP contribution in [0.15, 0.2) is 121 Å². The minimum atomic E-state index is 0.177. The minimum Gasteiger partial charge on any atom is -0.497 e. The maximum Gasteiger partial charge on any atom is 0.228 e. The first kappa shape index (κ1) is 39.7.